The van der Waals surface area contributed by atoms with Crippen molar-refractivity contribution in [3.63, 3.8) is 0 Å². The molecular weight excluding hydrogens is 250 g/mol. The Morgan fingerprint density at radius 1 is 1.20 bits per heavy atom. The molecule has 4 nitrogen and oxygen atoms in total. The third-order valence-corrected chi connectivity index (χ3v) is 3.08. The summed E-state index contributed by atoms with van der Waals surface area (Å²) >= 11 is 0. The molecule has 0 atom stereocenters. The standard InChI is InChI=1S/C16H17N3O/c1-16(2,17)9-15-18-8-7-13(19-15)12-10-20-14-6-4-3-5-11(12)14/h3-8,10H,9,17H2,1-2H3. The van der Waals surface area contributed by atoms with E-state index in [1.165, 1.54) is 0 Å². The average Bonchev–Trinajstić information content (AvgIpc) is 2.81. The lowest BCUT2D eigenvalue weighted by Crippen LogP contribution is -2.35. The first kappa shape index (κ1) is 12.8. The summed E-state index contributed by atoms with van der Waals surface area (Å²) in [5.74, 6) is 0.750. The van der Waals surface area contributed by atoms with Gasteiger partial charge in [-0.05, 0) is 26.0 Å². The molecule has 3 aromatic rings. The first-order valence-corrected chi connectivity index (χ1v) is 6.60. The van der Waals surface area contributed by atoms with Crippen LogP contribution in [0.15, 0.2) is 47.2 Å². The Balaban J connectivity index is 2.04. The van der Waals surface area contributed by atoms with Crippen molar-refractivity contribution >= 4 is 11.0 Å². The number of fused-ring (bicyclic) bond motifs is 1. The number of aromatic nitrogens is 2. The third-order valence-electron chi connectivity index (χ3n) is 3.08. The second kappa shape index (κ2) is 4.72. The van der Waals surface area contributed by atoms with Gasteiger partial charge in [-0.2, -0.15) is 0 Å². The molecule has 0 fully saturated rings. The van der Waals surface area contributed by atoms with Gasteiger partial charge >= 0.3 is 0 Å². The maximum atomic E-state index is 6.03. The summed E-state index contributed by atoms with van der Waals surface area (Å²) in [6.07, 6.45) is 4.15. The summed E-state index contributed by atoms with van der Waals surface area (Å²) in [5, 5.41) is 1.06. The molecule has 0 unspecified atom stereocenters. The molecule has 2 aromatic heterocycles. The molecule has 0 radical (unpaired) electrons. The van der Waals surface area contributed by atoms with Crippen molar-refractivity contribution in [2.24, 2.45) is 5.73 Å². The zero-order valence-corrected chi connectivity index (χ0v) is 11.6. The van der Waals surface area contributed by atoms with E-state index in [1.807, 2.05) is 44.2 Å². The molecule has 0 saturated carbocycles. The van der Waals surface area contributed by atoms with E-state index in [1.54, 1.807) is 12.5 Å². The Labute approximate surface area is 117 Å². The van der Waals surface area contributed by atoms with Gasteiger partial charge in [0.25, 0.3) is 0 Å². The van der Waals surface area contributed by atoms with E-state index in [0.29, 0.717) is 6.42 Å². The normalized spacial score (nSPS) is 11.9. The molecule has 4 heteroatoms. The molecule has 0 amide bonds. The van der Waals surface area contributed by atoms with Crippen LogP contribution in [0.3, 0.4) is 0 Å². The Kier molecular flexibility index (Phi) is 3.03. The zero-order chi connectivity index (χ0) is 14.2. The van der Waals surface area contributed by atoms with Crippen molar-refractivity contribution in [2.75, 3.05) is 0 Å². The first-order chi connectivity index (χ1) is 9.53. The van der Waals surface area contributed by atoms with Crippen LogP contribution >= 0.6 is 0 Å². The molecule has 102 valence electrons. The van der Waals surface area contributed by atoms with Gasteiger partial charge in [0, 0.05) is 29.1 Å². The van der Waals surface area contributed by atoms with Crippen LogP contribution in [-0.4, -0.2) is 15.5 Å². The van der Waals surface area contributed by atoms with Crippen molar-refractivity contribution in [2.45, 2.75) is 25.8 Å². The van der Waals surface area contributed by atoms with E-state index in [4.69, 9.17) is 10.2 Å². The number of para-hydroxylation sites is 1. The molecule has 0 saturated heterocycles. The second-order valence-corrected chi connectivity index (χ2v) is 5.67. The minimum Gasteiger partial charge on any atom is -0.464 e. The summed E-state index contributed by atoms with van der Waals surface area (Å²) in [5.41, 5.74) is 8.42. The van der Waals surface area contributed by atoms with Gasteiger partial charge in [-0.3, -0.25) is 0 Å². The van der Waals surface area contributed by atoms with Crippen molar-refractivity contribution in [1.82, 2.24) is 9.97 Å². The molecule has 0 spiro atoms. The van der Waals surface area contributed by atoms with Gasteiger partial charge in [-0.15, -0.1) is 0 Å². The van der Waals surface area contributed by atoms with Crippen LogP contribution in [0, 0.1) is 0 Å². The van der Waals surface area contributed by atoms with E-state index in [0.717, 1.165) is 28.1 Å². The van der Waals surface area contributed by atoms with Crippen LogP contribution in [-0.2, 0) is 6.42 Å². The van der Waals surface area contributed by atoms with Crippen LogP contribution in [0.4, 0.5) is 0 Å². The van der Waals surface area contributed by atoms with Crippen molar-refractivity contribution in [3.8, 4) is 11.3 Å². The van der Waals surface area contributed by atoms with E-state index in [-0.39, 0.29) is 5.54 Å². The second-order valence-electron chi connectivity index (χ2n) is 5.67. The van der Waals surface area contributed by atoms with Crippen LogP contribution in [0.5, 0.6) is 0 Å². The van der Waals surface area contributed by atoms with Gasteiger partial charge in [0.2, 0.25) is 0 Å². The molecule has 0 aliphatic carbocycles. The predicted molar refractivity (Wildman–Crippen MR) is 79.2 cm³/mol. The lowest BCUT2D eigenvalue weighted by molar-refractivity contribution is 0.502. The van der Waals surface area contributed by atoms with E-state index in [2.05, 4.69) is 9.97 Å². The van der Waals surface area contributed by atoms with Gasteiger partial charge in [-0.25, -0.2) is 9.97 Å². The van der Waals surface area contributed by atoms with Crippen LogP contribution in [0.25, 0.3) is 22.2 Å². The van der Waals surface area contributed by atoms with E-state index >= 15 is 0 Å². The Hall–Kier alpha value is -2.20. The fourth-order valence-electron chi connectivity index (χ4n) is 2.22. The lowest BCUT2D eigenvalue weighted by Gasteiger charge is -2.16. The van der Waals surface area contributed by atoms with Gasteiger partial charge in [-0.1, -0.05) is 18.2 Å². The summed E-state index contributed by atoms with van der Waals surface area (Å²) < 4.78 is 5.56. The maximum Gasteiger partial charge on any atom is 0.134 e. The highest BCUT2D eigenvalue weighted by Gasteiger charge is 2.15. The average molecular weight is 267 g/mol. The maximum absolute atomic E-state index is 6.03. The number of nitrogens with zero attached hydrogens (tertiary/aromatic N) is 2. The third kappa shape index (κ3) is 2.56. The summed E-state index contributed by atoms with van der Waals surface area (Å²) in [4.78, 5) is 8.89. The molecule has 1 aromatic carbocycles. The Morgan fingerprint density at radius 3 is 2.80 bits per heavy atom. The summed E-state index contributed by atoms with van der Waals surface area (Å²) in [6, 6.07) is 9.82. The highest BCUT2D eigenvalue weighted by atomic mass is 16.3. The minimum atomic E-state index is -0.322. The number of nitrogens with two attached hydrogens (primary N) is 1. The molecule has 2 N–H and O–H groups in total. The lowest BCUT2D eigenvalue weighted by atomic mass is 10.0. The monoisotopic (exact) mass is 267 g/mol. The molecule has 20 heavy (non-hydrogen) atoms. The van der Waals surface area contributed by atoms with Crippen molar-refractivity contribution in [3.05, 3.63) is 48.6 Å². The highest BCUT2D eigenvalue weighted by molar-refractivity contribution is 5.92. The van der Waals surface area contributed by atoms with Gasteiger partial charge in [0.15, 0.2) is 0 Å². The smallest absolute Gasteiger partial charge is 0.134 e. The van der Waals surface area contributed by atoms with Crippen LogP contribution in [0.2, 0.25) is 0 Å². The fraction of sp³-hybridized carbons (Fsp3) is 0.250. The Morgan fingerprint density at radius 2 is 2.00 bits per heavy atom. The van der Waals surface area contributed by atoms with Crippen LogP contribution in [0.1, 0.15) is 19.7 Å². The predicted octanol–water partition coefficient (Wildman–Crippen LogP) is 3.17. The van der Waals surface area contributed by atoms with Crippen molar-refractivity contribution < 1.29 is 4.42 Å². The quantitative estimate of drug-likeness (QED) is 0.791. The molecule has 3 rings (SSSR count). The first-order valence-electron chi connectivity index (χ1n) is 6.60. The zero-order valence-electron chi connectivity index (χ0n) is 11.6. The van der Waals surface area contributed by atoms with Crippen LogP contribution < -0.4 is 5.73 Å². The largest absolute Gasteiger partial charge is 0.464 e. The number of furan rings is 1. The molecule has 2 heterocycles. The number of rotatable bonds is 3. The fourth-order valence-corrected chi connectivity index (χ4v) is 2.22. The molecule has 0 aliphatic heterocycles. The van der Waals surface area contributed by atoms with Gasteiger partial charge < -0.3 is 10.2 Å². The van der Waals surface area contributed by atoms with E-state index in [9.17, 15) is 0 Å². The number of hydrogen-bond donors (Lipinski definition) is 1. The number of benzene rings is 1. The summed E-state index contributed by atoms with van der Waals surface area (Å²) in [7, 11) is 0. The highest BCUT2D eigenvalue weighted by Crippen LogP contribution is 2.29. The molecule has 0 aliphatic rings. The summed E-state index contributed by atoms with van der Waals surface area (Å²) in [6.45, 7) is 3.94. The Bertz CT molecular complexity index is 741. The van der Waals surface area contributed by atoms with Gasteiger partial charge in [0.1, 0.15) is 17.7 Å². The van der Waals surface area contributed by atoms with Crippen molar-refractivity contribution in [1.29, 1.82) is 0 Å². The minimum absolute atomic E-state index is 0.322. The topological polar surface area (TPSA) is 64.9 Å². The van der Waals surface area contributed by atoms with E-state index < -0.39 is 0 Å². The number of hydrogen-bond acceptors (Lipinski definition) is 4. The molecule has 0 bridgehead atoms. The SMILES string of the molecule is CC(C)(N)Cc1nccc(-c2coc3ccccc23)n1. The van der Waals surface area contributed by atoms with Gasteiger partial charge in [0.05, 0.1) is 5.69 Å². The molecular formula is C16H17N3O.